The van der Waals surface area contributed by atoms with Gasteiger partial charge in [-0.2, -0.15) is 0 Å². The first kappa shape index (κ1) is 26.6. The summed E-state index contributed by atoms with van der Waals surface area (Å²) in [7, 11) is 0. The molecule has 1 N–H and O–H groups in total. The lowest BCUT2D eigenvalue weighted by molar-refractivity contribution is -0.138. The molecule has 4 atom stereocenters. The number of Topliss-reactive ketones (excluding diaryl/α,β-unsaturated/α-hetero) is 1. The number of anilines is 1. The van der Waals surface area contributed by atoms with Crippen LogP contribution in [-0.4, -0.2) is 91.5 Å². The Balaban J connectivity index is 1.52. The standard InChI is InChI=1S/C28H42N4O4/c1-5-9-20-17-32(25-24(33)18-36-26(20)25)28(35)22(16-19(3)4)29-27(34)21-10-7-8-11-23(21)31-14-12-30(6-2)13-15-31/h7-8,10-11,19-20,22,25-26H,5-6,9,12-18H2,1-4H3,(H,29,34)/t20-,22+,25-,26-/m1/s1. The molecule has 3 aliphatic heterocycles. The Bertz CT molecular complexity index is 943. The summed E-state index contributed by atoms with van der Waals surface area (Å²) in [6.07, 6.45) is 2.18. The van der Waals surface area contributed by atoms with Gasteiger partial charge in [0.2, 0.25) is 5.91 Å². The van der Waals surface area contributed by atoms with Crippen LogP contribution in [0.5, 0.6) is 0 Å². The minimum Gasteiger partial charge on any atom is -0.368 e. The number of likely N-dealkylation sites (tertiary alicyclic amines) is 1. The van der Waals surface area contributed by atoms with E-state index in [-0.39, 0.29) is 42.1 Å². The maximum Gasteiger partial charge on any atom is 0.254 e. The number of carbonyl (C=O) groups is 3. The second-order valence-electron chi connectivity index (χ2n) is 10.8. The topological polar surface area (TPSA) is 82.2 Å². The monoisotopic (exact) mass is 498 g/mol. The number of piperazine rings is 1. The van der Waals surface area contributed by atoms with E-state index >= 15 is 0 Å². The zero-order chi connectivity index (χ0) is 25.8. The van der Waals surface area contributed by atoms with Crippen molar-refractivity contribution in [3.63, 3.8) is 0 Å². The third kappa shape index (κ3) is 5.59. The number of rotatable bonds is 9. The van der Waals surface area contributed by atoms with Crippen LogP contribution < -0.4 is 10.2 Å². The van der Waals surface area contributed by atoms with Crippen LogP contribution >= 0.6 is 0 Å². The van der Waals surface area contributed by atoms with Gasteiger partial charge in [-0.3, -0.25) is 14.4 Å². The van der Waals surface area contributed by atoms with Crippen LogP contribution in [0.15, 0.2) is 24.3 Å². The lowest BCUT2D eigenvalue weighted by atomic mass is 9.97. The first-order chi connectivity index (χ1) is 17.3. The van der Waals surface area contributed by atoms with Gasteiger partial charge in [-0.1, -0.05) is 46.2 Å². The number of likely N-dealkylation sites (N-methyl/N-ethyl adjacent to an activating group) is 1. The Morgan fingerprint density at radius 2 is 1.83 bits per heavy atom. The molecule has 0 saturated carbocycles. The van der Waals surface area contributed by atoms with E-state index in [1.54, 1.807) is 4.90 Å². The van der Waals surface area contributed by atoms with Gasteiger partial charge in [-0.05, 0) is 37.4 Å². The highest BCUT2D eigenvalue weighted by Gasteiger charge is 2.52. The normalized spacial score (nSPS) is 25.4. The summed E-state index contributed by atoms with van der Waals surface area (Å²) in [4.78, 5) is 46.4. The minimum atomic E-state index is -0.683. The van der Waals surface area contributed by atoms with E-state index in [2.05, 4.69) is 29.0 Å². The van der Waals surface area contributed by atoms with E-state index in [0.29, 0.717) is 18.5 Å². The molecule has 36 heavy (non-hydrogen) atoms. The summed E-state index contributed by atoms with van der Waals surface area (Å²) in [5.74, 6) is -0.0700. The fourth-order valence-electron chi connectivity index (χ4n) is 5.98. The number of hydrogen-bond donors (Lipinski definition) is 1. The Hall–Kier alpha value is -2.45. The molecule has 0 bridgehead atoms. The predicted molar refractivity (Wildman–Crippen MR) is 140 cm³/mol. The predicted octanol–water partition coefficient (Wildman–Crippen LogP) is 2.57. The third-order valence-corrected chi connectivity index (χ3v) is 7.85. The number of benzene rings is 1. The Labute approximate surface area is 215 Å². The van der Waals surface area contributed by atoms with Gasteiger partial charge in [0.05, 0.1) is 11.7 Å². The van der Waals surface area contributed by atoms with Crippen molar-refractivity contribution in [2.45, 2.75) is 65.1 Å². The molecule has 0 spiro atoms. The van der Waals surface area contributed by atoms with Crippen LogP contribution in [0, 0.1) is 11.8 Å². The summed E-state index contributed by atoms with van der Waals surface area (Å²) in [5, 5.41) is 3.06. The van der Waals surface area contributed by atoms with Gasteiger partial charge in [-0.25, -0.2) is 0 Å². The highest BCUT2D eigenvalue weighted by molar-refractivity contribution is 6.02. The third-order valence-electron chi connectivity index (χ3n) is 7.85. The maximum atomic E-state index is 13.8. The number of ether oxygens (including phenoxy) is 1. The summed E-state index contributed by atoms with van der Waals surface area (Å²) < 4.78 is 5.80. The van der Waals surface area contributed by atoms with Gasteiger partial charge in [0.25, 0.3) is 5.91 Å². The fraction of sp³-hybridized carbons (Fsp3) is 0.679. The molecule has 0 radical (unpaired) electrons. The van der Waals surface area contributed by atoms with Crippen molar-refractivity contribution < 1.29 is 19.1 Å². The van der Waals surface area contributed by atoms with E-state index in [1.807, 2.05) is 38.1 Å². The molecule has 3 fully saturated rings. The van der Waals surface area contributed by atoms with Gasteiger partial charge in [0, 0.05) is 44.3 Å². The fourth-order valence-corrected chi connectivity index (χ4v) is 5.98. The summed E-state index contributed by atoms with van der Waals surface area (Å²) in [6, 6.07) is 6.45. The van der Waals surface area contributed by atoms with Crippen molar-refractivity contribution >= 4 is 23.3 Å². The molecular weight excluding hydrogens is 456 g/mol. The van der Waals surface area contributed by atoms with E-state index in [9.17, 15) is 14.4 Å². The van der Waals surface area contributed by atoms with E-state index in [4.69, 9.17) is 4.74 Å². The van der Waals surface area contributed by atoms with Crippen LogP contribution in [0.25, 0.3) is 0 Å². The highest BCUT2D eigenvalue weighted by Crippen LogP contribution is 2.35. The minimum absolute atomic E-state index is 0.0295. The lowest BCUT2D eigenvalue weighted by Gasteiger charge is -2.36. The molecule has 0 aromatic heterocycles. The van der Waals surface area contributed by atoms with Gasteiger partial charge in [0.15, 0.2) is 5.78 Å². The van der Waals surface area contributed by atoms with E-state index < -0.39 is 12.1 Å². The van der Waals surface area contributed by atoms with Crippen LogP contribution in [-0.2, 0) is 14.3 Å². The average Bonchev–Trinajstić information content (AvgIpc) is 3.44. The largest absolute Gasteiger partial charge is 0.368 e. The Morgan fingerprint density at radius 3 is 2.50 bits per heavy atom. The number of nitrogens with one attached hydrogen (secondary N) is 1. The number of ketones is 1. The number of carbonyl (C=O) groups excluding carboxylic acids is 3. The Morgan fingerprint density at radius 1 is 1.11 bits per heavy atom. The number of fused-ring (bicyclic) bond motifs is 1. The summed E-state index contributed by atoms with van der Waals surface area (Å²) in [5.41, 5.74) is 1.50. The maximum absolute atomic E-state index is 13.8. The van der Waals surface area contributed by atoms with Crippen molar-refractivity contribution in [2.24, 2.45) is 11.8 Å². The number of nitrogens with zero attached hydrogens (tertiary/aromatic N) is 3. The molecular formula is C28H42N4O4. The summed E-state index contributed by atoms with van der Waals surface area (Å²) >= 11 is 0. The van der Waals surface area contributed by atoms with E-state index in [0.717, 1.165) is 51.3 Å². The number of para-hydroxylation sites is 1. The van der Waals surface area contributed by atoms with Gasteiger partial charge in [-0.15, -0.1) is 0 Å². The first-order valence-electron chi connectivity index (χ1n) is 13.7. The zero-order valence-electron chi connectivity index (χ0n) is 22.2. The molecule has 198 valence electrons. The molecule has 8 nitrogen and oxygen atoms in total. The number of hydrogen-bond acceptors (Lipinski definition) is 6. The number of amides is 2. The molecule has 2 amide bonds. The molecule has 1 aromatic carbocycles. The van der Waals surface area contributed by atoms with Crippen LogP contribution in [0.1, 0.15) is 57.3 Å². The van der Waals surface area contributed by atoms with Gasteiger partial charge in [0.1, 0.15) is 18.7 Å². The Kier molecular flexibility index (Phi) is 8.67. The van der Waals surface area contributed by atoms with Crippen molar-refractivity contribution in [1.29, 1.82) is 0 Å². The van der Waals surface area contributed by atoms with Crippen molar-refractivity contribution in [1.82, 2.24) is 15.1 Å². The zero-order valence-corrected chi connectivity index (χ0v) is 22.2. The molecule has 8 heteroatoms. The highest BCUT2D eigenvalue weighted by atomic mass is 16.5. The van der Waals surface area contributed by atoms with Gasteiger partial charge >= 0.3 is 0 Å². The van der Waals surface area contributed by atoms with Crippen molar-refractivity contribution in [3.05, 3.63) is 29.8 Å². The molecule has 0 unspecified atom stereocenters. The van der Waals surface area contributed by atoms with Crippen LogP contribution in [0.2, 0.25) is 0 Å². The second kappa shape index (κ2) is 11.7. The molecule has 3 saturated heterocycles. The van der Waals surface area contributed by atoms with Crippen LogP contribution in [0.3, 0.4) is 0 Å². The van der Waals surface area contributed by atoms with Gasteiger partial charge < -0.3 is 24.8 Å². The van der Waals surface area contributed by atoms with Crippen molar-refractivity contribution in [3.8, 4) is 0 Å². The molecule has 3 aliphatic rings. The quantitative estimate of drug-likeness (QED) is 0.564. The lowest BCUT2D eigenvalue weighted by Crippen LogP contribution is -2.53. The molecule has 1 aromatic rings. The average molecular weight is 499 g/mol. The van der Waals surface area contributed by atoms with E-state index in [1.165, 1.54) is 0 Å². The SMILES string of the molecule is CCC[C@@H]1CN(C(=O)[C@H](CC(C)C)NC(=O)c2ccccc2N2CCN(CC)CC2)[C@@H]2C(=O)CO[C@H]12. The smallest absolute Gasteiger partial charge is 0.254 e. The second-order valence-corrected chi connectivity index (χ2v) is 10.8. The van der Waals surface area contributed by atoms with Crippen LogP contribution in [0.4, 0.5) is 5.69 Å². The molecule has 4 rings (SSSR count). The first-order valence-corrected chi connectivity index (χ1v) is 13.7. The summed E-state index contributed by atoms with van der Waals surface area (Å²) in [6.45, 7) is 13.6. The molecule has 3 heterocycles. The molecule has 0 aliphatic carbocycles. The van der Waals surface area contributed by atoms with Crippen molar-refractivity contribution in [2.75, 3.05) is 50.8 Å².